The minimum Gasteiger partial charge on any atom is -0.380 e. The van der Waals surface area contributed by atoms with Gasteiger partial charge in [0.2, 0.25) is 0 Å². The maximum Gasteiger partial charge on any atom is 0.287 e. The molecule has 114 valence electrons. The van der Waals surface area contributed by atoms with Crippen LogP contribution < -0.4 is 10.9 Å². The second-order valence-electron chi connectivity index (χ2n) is 4.91. The van der Waals surface area contributed by atoms with Gasteiger partial charge >= 0.3 is 0 Å². The van der Waals surface area contributed by atoms with Gasteiger partial charge in [0, 0.05) is 19.2 Å². The van der Waals surface area contributed by atoms with Crippen LogP contribution in [0.25, 0.3) is 0 Å². The average molecular weight is 303 g/mol. The third-order valence-electron chi connectivity index (χ3n) is 2.72. The highest BCUT2D eigenvalue weighted by Gasteiger charge is 2.11. The molecule has 1 atom stereocenters. The molecule has 1 aromatic heterocycles. The Kier molecular flexibility index (Phi) is 6.98. The summed E-state index contributed by atoms with van der Waals surface area (Å²) in [4.78, 5) is 14.1. The van der Waals surface area contributed by atoms with Gasteiger partial charge in [-0.2, -0.15) is 5.10 Å². The first-order valence-electron chi connectivity index (χ1n) is 6.70. The summed E-state index contributed by atoms with van der Waals surface area (Å²) >= 11 is 6.10. The zero-order valence-electron chi connectivity index (χ0n) is 12.5. The molecule has 1 aromatic rings. The zero-order chi connectivity index (χ0) is 15.1. The van der Waals surface area contributed by atoms with Gasteiger partial charge in [-0.15, -0.1) is 0 Å². The number of rotatable bonds is 8. The molecule has 0 spiro atoms. The standard InChI is InChI=1S/C13H23ClN4O2/c1-5-20-9-10(2)16-11-8-15-18(7-6-17(3)4)13(19)12(11)14/h8,10,16H,5-7,9H2,1-4H3. The molecule has 0 aliphatic rings. The fraction of sp³-hybridized carbons (Fsp3) is 0.692. The topological polar surface area (TPSA) is 59.4 Å². The molecule has 0 saturated carbocycles. The number of anilines is 1. The van der Waals surface area contributed by atoms with Crippen molar-refractivity contribution >= 4 is 17.3 Å². The molecule has 6 nitrogen and oxygen atoms in total. The number of nitrogens with zero attached hydrogens (tertiary/aromatic N) is 3. The summed E-state index contributed by atoms with van der Waals surface area (Å²) < 4.78 is 6.69. The summed E-state index contributed by atoms with van der Waals surface area (Å²) in [7, 11) is 3.88. The SMILES string of the molecule is CCOCC(C)Nc1cnn(CCN(C)C)c(=O)c1Cl. The van der Waals surface area contributed by atoms with Gasteiger partial charge in [-0.1, -0.05) is 11.6 Å². The Morgan fingerprint density at radius 3 is 2.85 bits per heavy atom. The van der Waals surface area contributed by atoms with E-state index in [4.69, 9.17) is 16.3 Å². The van der Waals surface area contributed by atoms with Gasteiger partial charge in [-0.3, -0.25) is 4.79 Å². The molecule has 1 heterocycles. The second kappa shape index (κ2) is 8.24. The van der Waals surface area contributed by atoms with Crippen molar-refractivity contribution in [3.05, 3.63) is 21.6 Å². The molecule has 7 heteroatoms. The predicted octanol–water partition coefficient (Wildman–Crippen LogP) is 1.30. The Morgan fingerprint density at radius 2 is 2.25 bits per heavy atom. The summed E-state index contributed by atoms with van der Waals surface area (Å²) in [5.74, 6) is 0. The molecule has 0 fully saturated rings. The molecule has 0 amide bonds. The van der Waals surface area contributed by atoms with Gasteiger partial charge in [0.25, 0.3) is 5.56 Å². The van der Waals surface area contributed by atoms with Crippen molar-refractivity contribution in [2.24, 2.45) is 0 Å². The Bertz CT molecular complexity index is 476. The van der Waals surface area contributed by atoms with Crippen LogP contribution in [-0.2, 0) is 11.3 Å². The van der Waals surface area contributed by atoms with Crippen LogP contribution in [0.15, 0.2) is 11.0 Å². The van der Waals surface area contributed by atoms with Crippen molar-refractivity contribution < 1.29 is 4.74 Å². The molecule has 0 radical (unpaired) electrons. The molecule has 20 heavy (non-hydrogen) atoms. The van der Waals surface area contributed by atoms with Crippen LogP contribution in [0.1, 0.15) is 13.8 Å². The Balaban J connectivity index is 2.75. The Labute approximate surface area is 124 Å². The lowest BCUT2D eigenvalue weighted by molar-refractivity contribution is 0.141. The van der Waals surface area contributed by atoms with E-state index in [9.17, 15) is 4.79 Å². The first-order chi connectivity index (χ1) is 9.45. The van der Waals surface area contributed by atoms with Gasteiger partial charge in [0.1, 0.15) is 5.02 Å². The third kappa shape index (κ3) is 5.11. The van der Waals surface area contributed by atoms with E-state index in [-0.39, 0.29) is 16.6 Å². The van der Waals surface area contributed by atoms with E-state index in [1.807, 2.05) is 32.8 Å². The van der Waals surface area contributed by atoms with Crippen molar-refractivity contribution in [2.45, 2.75) is 26.4 Å². The van der Waals surface area contributed by atoms with Crippen LogP contribution in [-0.4, -0.2) is 54.6 Å². The Morgan fingerprint density at radius 1 is 1.55 bits per heavy atom. The van der Waals surface area contributed by atoms with Crippen LogP contribution in [0.3, 0.4) is 0 Å². The van der Waals surface area contributed by atoms with Crippen molar-refractivity contribution in [3.8, 4) is 0 Å². The maximum absolute atomic E-state index is 12.1. The van der Waals surface area contributed by atoms with E-state index in [1.54, 1.807) is 6.20 Å². The number of likely N-dealkylation sites (N-methyl/N-ethyl adjacent to an activating group) is 1. The maximum atomic E-state index is 12.1. The lowest BCUT2D eigenvalue weighted by Crippen LogP contribution is -2.30. The molecule has 0 bridgehead atoms. The second-order valence-corrected chi connectivity index (χ2v) is 5.29. The largest absolute Gasteiger partial charge is 0.380 e. The highest BCUT2D eigenvalue weighted by Crippen LogP contribution is 2.16. The van der Waals surface area contributed by atoms with Gasteiger partial charge in [0.05, 0.1) is 25.0 Å². The van der Waals surface area contributed by atoms with Crippen molar-refractivity contribution in [1.82, 2.24) is 14.7 Å². The van der Waals surface area contributed by atoms with Crippen LogP contribution in [0, 0.1) is 0 Å². The molecule has 0 aliphatic carbocycles. The molecule has 1 rings (SSSR count). The smallest absolute Gasteiger partial charge is 0.287 e. The van der Waals surface area contributed by atoms with Crippen molar-refractivity contribution in [2.75, 3.05) is 39.2 Å². The first-order valence-corrected chi connectivity index (χ1v) is 7.08. The average Bonchev–Trinajstić information content (AvgIpc) is 2.40. The van der Waals surface area contributed by atoms with Gasteiger partial charge in [-0.05, 0) is 27.9 Å². The number of nitrogens with one attached hydrogen (secondary N) is 1. The summed E-state index contributed by atoms with van der Waals surface area (Å²) in [5, 5.41) is 7.44. The molecular formula is C13H23ClN4O2. The van der Waals surface area contributed by atoms with Gasteiger partial charge in [0.15, 0.2) is 0 Å². The number of aromatic nitrogens is 2. The normalized spacial score (nSPS) is 12.7. The highest BCUT2D eigenvalue weighted by atomic mass is 35.5. The fourth-order valence-electron chi connectivity index (χ4n) is 1.62. The summed E-state index contributed by atoms with van der Waals surface area (Å²) in [5.41, 5.74) is 0.270. The minimum atomic E-state index is -0.276. The molecule has 0 aromatic carbocycles. The van der Waals surface area contributed by atoms with Crippen LogP contribution in [0.2, 0.25) is 5.02 Å². The quantitative estimate of drug-likeness (QED) is 0.784. The number of hydrogen-bond acceptors (Lipinski definition) is 5. The Hall–Kier alpha value is -1.11. The van der Waals surface area contributed by atoms with Crippen LogP contribution in [0.4, 0.5) is 5.69 Å². The van der Waals surface area contributed by atoms with Crippen molar-refractivity contribution in [3.63, 3.8) is 0 Å². The summed E-state index contributed by atoms with van der Waals surface area (Å²) in [6.07, 6.45) is 1.59. The van der Waals surface area contributed by atoms with E-state index in [0.29, 0.717) is 25.4 Å². The first kappa shape index (κ1) is 16.9. The predicted molar refractivity (Wildman–Crippen MR) is 81.6 cm³/mol. The third-order valence-corrected chi connectivity index (χ3v) is 3.08. The number of hydrogen-bond donors (Lipinski definition) is 1. The molecular weight excluding hydrogens is 280 g/mol. The summed E-state index contributed by atoms with van der Waals surface area (Å²) in [6.45, 7) is 6.36. The van der Waals surface area contributed by atoms with Gasteiger partial charge in [-0.25, -0.2) is 4.68 Å². The minimum absolute atomic E-state index is 0.0614. The number of ether oxygens (including phenoxy) is 1. The summed E-state index contributed by atoms with van der Waals surface area (Å²) in [6, 6.07) is 0.0614. The molecule has 1 unspecified atom stereocenters. The zero-order valence-corrected chi connectivity index (χ0v) is 13.3. The lowest BCUT2D eigenvalue weighted by Gasteiger charge is -2.16. The van der Waals surface area contributed by atoms with Crippen molar-refractivity contribution in [1.29, 1.82) is 0 Å². The van der Waals surface area contributed by atoms with E-state index in [1.165, 1.54) is 4.68 Å². The van der Waals surface area contributed by atoms with E-state index < -0.39 is 0 Å². The van der Waals surface area contributed by atoms with Crippen LogP contribution >= 0.6 is 11.6 Å². The highest BCUT2D eigenvalue weighted by molar-refractivity contribution is 6.32. The number of halogens is 1. The molecule has 0 saturated heterocycles. The van der Waals surface area contributed by atoms with Crippen LogP contribution in [0.5, 0.6) is 0 Å². The van der Waals surface area contributed by atoms with E-state index in [0.717, 1.165) is 6.54 Å². The molecule has 1 N–H and O–H groups in total. The fourth-order valence-corrected chi connectivity index (χ4v) is 1.82. The monoisotopic (exact) mass is 302 g/mol. The van der Waals surface area contributed by atoms with E-state index >= 15 is 0 Å². The van der Waals surface area contributed by atoms with Gasteiger partial charge < -0.3 is 15.0 Å². The molecule has 0 aliphatic heterocycles. The lowest BCUT2D eigenvalue weighted by atomic mass is 10.3. The van der Waals surface area contributed by atoms with E-state index in [2.05, 4.69) is 10.4 Å².